The Hall–Kier alpha value is -0.250. The molecule has 21 heavy (non-hydrogen) atoms. The number of rotatable bonds is 7. The molecule has 4 heteroatoms. The van der Waals surface area contributed by atoms with E-state index in [4.69, 9.17) is 11.6 Å². The maximum absolute atomic E-state index is 13.9. The summed E-state index contributed by atoms with van der Waals surface area (Å²) in [5.41, 5.74) is 0.737. The second kappa shape index (κ2) is 9.02. The lowest BCUT2D eigenvalue weighted by molar-refractivity contribution is 0.360. The van der Waals surface area contributed by atoms with Crippen LogP contribution in [0.1, 0.15) is 38.2 Å². The molecule has 118 valence electrons. The van der Waals surface area contributed by atoms with Crippen molar-refractivity contribution in [2.24, 2.45) is 5.92 Å². The lowest BCUT2D eigenvalue weighted by atomic mass is 9.91. The minimum atomic E-state index is -0.137. The molecular formula is C17H25ClFNS. The molecule has 0 aliphatic carbocycles. The van der Waals surface area contributed by atoms with Gasteiger partial charge in [0, 0.05) is 11.1 Å². The number of hydrogen-bond acceptors (Lipinski definition) is 2. The molecule has 0 bridgehead atoms. The molecule has 1 unspecified atom stereocenters. The van der Waals surface area contributed by atoms with Gasteiger partial charge < -0.3 is 5.32 Å². The third-order valence-electron chi connectivity index (χ3n) is 4.12. The van der Waals surface area contributed by atoms with Crippen molar-refractivity contribution < 1.29 is 4.39 Å². The van der Waals surface area contributed by atoms with Crippen LogP contribution in [0.3, 0.4) is 0 Å². The highest BCUT2D eigenvalue weighted by Gasteiger charge is 2.20. The van der Waals surface area contributed by atoms with Gasteiger partial charge in [-0.1, -0.05) is 18.5 Å². The average Bonchev–Trinajstić information content (AvgIpc) is 2.49. The molecule has 1 saturated heterocycles. The Balaban J connectivity index is 1.98. The Kier molecular flexibility index (Phi) is 7.35. The molecule has 1 aliphatic rings. The van der Waals surface area contributed by atoms with Crippen LogP contribution in [0, 0.1) is 11.7 Å². The van der Waals surface area contributed by atoms with Crippen LogP contribution in [0.25, 0.3) is 0 Å². The molecule has 0 spiro atoms. The largest absolute Gasteiger partial charge is 0.314 e. The highest BCUT2D eigenvalue weighted by molar-refractivity contribution is 7.99. The van der Waals surface area contributed by atoms with Crippen molar-refractivity contribution in [2.75, 3.05) is 18.1 Å². The van der Waals surface area contributed by atoms with E-state index in [-0.39, 0.29) is 5.82 Å². The maximum atomic E-state index is 13.9. The van der Waals surface area contributed by atoms with E-state index in [0.29, 0.717) is 11.1 Å². The zero-order valence-electron chi connectivity index (χ0n) is 12.7. The smallest absolute Gasteiger partial charge is 0.126 e. The number of hydrogen-bond donors (Lipinski definition) is 1. The molecule has 1 heterocycles. The van der Waals surface area contributed by atoms with E-state index in [0.717, 1.165) is 37.3 Å². The maximum Gasteiger partial charge on any atom is 0.126 e. The average molecular weight is 330 g/mol. The van der Waals surface area contributed by atoms with Crippen LogP contribution in [0.5, 0.6) is 0 Å². The third kappa shape index (κ3) is 5.80. The van der Waals surface area contributed by atoms with Crippen LogP contribution < -0.4 is 5.32 Å². The van der Waals surface area contributed by atoms with Gasteiger partial charge in [-0.2, -0.15) is 11.8 Å². The Morgan fingerprint density at radius 3 is 2.86 bits per heavy atom. The van der Waals surface area contributed by atoms with Crippen molar-refractivity contribution in [1.82, 2.24) is 5.32 Å². The quantitative estimate of drug-likeness (QED) is 0.761. The SMILES string of the molecule is CCCNC(Cc1cc(Cl)ccc1F)CC1CCSCC1. The van der Waals surface area contributed by atoms with Crippen LogP contribution in [0.15, 0.2) is 18.2 Å². The number of nitrogens with one attached hydrogen (secondary N) is 1. The van der Waals surface area contributed by atoms with Gasteiger partial charge in [-0.05, 0) is 79.8 Å². The normalized spacial score (nSPS) is 17.9. The minimum Gasteiger partial charge on any atom is -0.314 e. The first-order chi connectivity index (χ1) is 10.2. The first-order valence-corrected chi connectivity index (χ1v) is 9.47. The van der Waals surface area contributed by atoms with E-state index in [2.05, 4.69) is 24.0 Å². The predicted octanol–water partition coefficient (Wildman–Crippen LogP) is 4.92. The summed E-state index contributed by atoms with van der Waals surface area (Å²) in [7, 11) is 0. The number of benzene rings is 1. The lowest BCUT2D eigenvalue weighted by Crippen LogP contribution is -2.34. The molecule has 1 nitrogen and oxygen atoms in total. The van der Waals surface area contributed by atoms with Gasteiger partial charge in [-0.3, -0.25) is 0 Å². The van der Waals surface area contributed by atoms with E-state index >= 15 is 0 Å². The molecule has 0 saturated carbocycles. The van der Waals surface area contributed by atoms with Gasteiger partial charge in [0.1, 0.15) is 5.82 Å². The zero-order valence-corrected chi connectivity index (χ0v) is 14.3. The summed E-state index contributed by atoms with van der Waals surface area (Å²) >= 11 is 8.06. The van der Waals surface area contributed by atoms with Gasteiger partial charge in [0.2, 0.25) is 0 Å². The minimum absolute atomic E-state index is 0.137. The molecule has 1 atom stereocenters. The first kappa shape index (κ1) is 17.1. The van der Waals surface area contributed by atoms with E-state index in [9.17, 15) is 4.39 Å². The number of halogens is 2. The van der Waals surface area contributed by atoms with Crippen LogP contribution in [-0.4, -0.2) is 24.1 Å². The van der Waals surface area contributed by atoms with Gasteiger partial charge in [-0.25, -0.2) is 4.39 Å². The summed E-state index contributed by atoms with van der Waals surface area (Å²) in [6.45, 7) is 3.16. The van der Waals surface area contributed by atoms with E-state index in [1.807, 2.05) is 0 Å². The Labute approximate surface area is 137 Å². The van der Waals surface area contributed by atoms with Crippen molar-refractivity contribution in [3.05, 3.63) is 34.6 Å². The fraction of sp³-hybridized carbons (Fsp3) is 0.647. The van der Waals surface area contributed by atoms with Gasteiger partial charge in [0.05, 0.1) is 0 Å². The van der Waals surface area contributed by atoms with Crippen LogP contribution in [0.2, 0.25) is 5.02 Å². The van der Waals surface area contributed by atoms with Gasteiger partial charge >= 0.3 is 0 Å². The molecular weight excluding hydrogens is 305 g/mol. The van der Waals surface area contributed by atoms with E-state index in [1.165, 1.54) is 30.4 Å². The van der Waals surface area contributed by atoms with Crippen molar-refractivity contribution in [2.45, 2.75) is 45.1 Å². The molecule has 0 amide bonds. The molecule has 0 radical (unpaired) electrons. The topological polar surface area (TPSA) is 12.0 Å². The molecule has 1 aromatic rings. The highest BCUT2D eigenvalue weighted by atomic mass is 35.5. The Bertz CT molecular complexity index is 435. The third-order valence-corrected chi connectivity index (χ3v) is 5.40. The molecule has 1 N–H and O–H groups in total. The van der Waals surface area contributed by atoms with Crippen LogP contribution in [-0.2, 0) is 6.42 Å². The molecule has 0 aromatic heterocycles. The van der Waals surface area contributed by atoms with Gasteiger partial charge in [0.25, 0.3) is 0 Å². The van der Waals surface area contributed by atoms with E-state index in [1.54, 1.807) is 12.1 Å². The summed E-state index contributed by atoms with van der Waals surface area (Å²) in [5, 5.41) is 4.22. The van der Waals surface area contributed by atoms with Crippen molar-refractivity contribution in [1.29, 1.82) is 0 Å². The zero-order chi connectivity index (χ0) is 15.1. The second-order valence-corrected chi connectivity index (χ2v) is 7.54. The van der Waals surface area contributed by atoms with Gasteiger partial charge in [-0.15, -0.1) is 0 Å². The second-order valence-electron chi connectivity index (χ2n) is 5.88. The fourth-order valence-corrected chi connectivity index (χ4v) is 4.34. The standard InChI is InChI=1S/C17H25ClFNS/c1-2-7-20-16(10-13-5-8-21-9-6-13)12-14-11-15(18)3-4-17(14)19/h3-4,11,13,16,20H,2,5-10,12H2,1H3. The van der Waals surface area contributed by atoms with Crippen LogP contribution in [0.4, 0.5) is 4.39 Å². The molecule has 1 fully saturated rings. The molecule has 2 rings (SSSR count). The number of thioether (sulfide) groups is 1. The van der Waals surface area contributed by atoms with Crippen molar-refractivity contribution in [3.8, 4) is 0 Å². The van der Waals surface area contributed by atoms with Crippen molar-refractivity contribution in [3.63, 3.8) is 0 Å². The highest BCUT2D eigenvalue weighted by Crippen LogP contribution is 2.27. The first-order valence-electron chi connectivity index (χ1n) is 7.94. The fourth-order valence-electron chi connectivity index (χ4n) is 2.94. The van der Waals surface area contributed by atoms with E-state index < -0.39 is 0 Å². The van der Waals surface area contributed by atoms with Crippen molar-refractivity contribution >= 4 is 23.4 Å². The Morgan fingerprint density at radius 2 is 2.14 bits per heavy atom. The van der Waals surface area contributed by atoms with Gasteiger partial charge in [0.15, 0.2) is 0 Å². The Morgan fingerprint density at radius 1 is 1.38 bits per heavy atom. The van der Waals surface area contributed by atoms with Crippen LogP contribution >= 0.6 is 23.4 Å². The summed E-state index contributed by atoms with van der Waals surface area (Å²) in [6, 6.07) is 5.22. The molecule has 1 aliphatic heterocycles. The summed E-state index contributed by atoms with van der Waals surface area (Å²) in [4.78, 5) is 0. The summed E-state index contributed by atoms with van der Waals surface area (Å²) in [5.74, 6) is 3.19. The monoisotopic (exact) mass is 329 g/mol. The summed E-state index contributed by atoms with van der Waals surface area (Å²) < 4.78 is 13.9. The predicted molar refractivity (Wildman–Crippen MR) is 91.9 cm³/mol. The lowest BCUT2D eigenvalue weighted by Gasteiger charge is -2.27. The summed E-state index contributed by atoms with van der Waals surface area (Å²) in [6.07, 6.45) is 5.58. The molecule has 1 aromatic carbocycles.